The highest BCUT2D eigenvalue weighted by Crippen LogP contribution is 2.17. The second-order valence-electron chi connectivity index (χ2n) is 4.91. The van der Waals surface area contributed by atoms with E-state index in [1.54, 1.807) is 7.11 Å². The van der Waals surface area contributed by atoms with E-state index in [0.29, 0.717) is 6.61 Å². The Morgan fingerprint density at radius 2 is 1.82 bits per heavy atom. The quantitative estimate of drug-likeness (QED) is 0.653. The summed E-state index contributed by atoms with van der Waals surface area (Å²) in [6.45, 7) is 5.22. The molecule has 3 rings (SSSR count). The van der Waals surface area contributed by atoms with Crippen LogP contribution >= 0.6 is 0 Å². The summed E-state index contributed by atoms with van der Waals surface area (Å²) < 4.78 is 15.1. The molecule has 2 aromatic carbocycles. The zero-order valence-corrected chi connectivity index (χ0v) is 12.6. The number of hydrogen-bond acceptors (Lipinski definition) is 2. The van der Waals surface area contributed by atoms with Crippen LogP contribution in [0.2, 0.25) is 0 Å². The van der Waals surface area contributed by atoms with Gasteiger partial charge in [-0.2, -0.15) is 0 Å². The highest BCUT2D eigenvalue weighted by molar-refractivity contribution is 5.73. The molecule has 1 aromatic heterocycles. The molecule has 0 aliphatic rings. The summed E-state index contributed by atoms with van der Waals surface area (Å²) in [5.41, 5.74) is 2.31. The lowest BCUT2D eigenvalue weighted by molar-refractivity contribution is -0.672. The summed E-state index contributed by atoms with van der Waals surface area (Å²) in [5.74, 6) is 1.67. The average Bonchev–Trinajstić information content (AvgIpc) is 2.94. The number of ether oxygens (including phenoxy) is 2. The summed E-state index contributed by atoms with van der Waals surface area (Å²) in [7, 11) is 1.65. The van der Waals surface area contributed by atoms with E-state index in [-0.39, 0.29) is 0 Å². The molecule has 112 valence electrons. The third kappa shape index (κ3) is 2.81. The highest BCUT2D eigenvalue weighted by Gasteiger charge is 2.12. The number of aromatic nitrogens is 2. The monoisotopic (exact) mass is 295 g/mol. The highest BCUT2D eigenvalue weighted by atomic mass is 16.5. The summed E-state index contributed by atoms with van der Waals surface area (Å²) in [4.78, 5) is 0. The predicted octanol–water partition coefficient (Wildman–Crippen LogP) is 3.12. The molecule has 0 aliphatic heterocycles. The number of benzene rings is 2. The van der Waals surface area contributed by atoms with Crippen molar-refractivity contribution in [3.8, 4) is 11.5 Å². The van der Waals surface area contributed by atoms with E-state index in [0.717, 1.165) is 23.6 Å². The summed E-state index contributed by atoms with van der Waals surface area (Å²) in [5, 5.41) is 0. The van der Waals surface area contributed by atoms with Crippen LogP contribution in [0.3, 0.4) is 0 Å². The lowest BCUT2D eigenvalue weighted by Crippen LogP contribution is -2.35. The molecule has 3 aromatic rings. The van der Waals surface area contributed by atoms with Crippen LogP contribution in [0.25, 0.3) is 17.2 Å². The molecule has 0 bridgehead atoms. The van der Waals surface area contributed by atoms with Crippen LogP contribution in [-0.2, 0) is 6.54 Å². The first-order valence-electron chi connectivity index (χ1n) is 7.20. The molecular weight excluding hydrogens is 276 g/mol. The minimum atomic E-state index is 0.599. The molecule has 1 heterocycles. The third-order valence-corrected chi connectivity index (χ3v) is 3.59. The molecule has 4 heteroatoms. The molecule has 0 fully saturated rings. The zero-order valence-electron chi connectivity index (χ0n) is 12.6. The molecule has 0 radical (unpaired) electrons. The number of methoxy groups -OCH3 is 1. The van der Waals surface area contributed by atoms with Crippen LogP contribution in [-0.4, -0.2) is 18.3 Å². The fraction of sp³-hybridized carbons (Fsp3) is 0.167. The molecule has 0 N–H and O–H groups in total. The fourth-order valence-electron chi connectivity index (χ4n) is 2.46. The number of para-hydroxylation sites is 2. The number of fused-ring (bicyclic) bond motifs is 1. The van der Waals surface area contributed by atoms with Gasteiger partial charge < -0.3 is 9.47 Å². The van der Waals surface area contributed by atoms with E-state index in [1.165, 1.54) is 5.52 Å². The second-order valence-corrected chi connectivity index (χ2v) is 4.91. The van der Waals surface area contributed by atoms with Crippen LogP contribution in [0.1, 0.15) is 0 Å². The second kappa shape index (κ2) is 6.35. The normalized spacial score (nSPS) is 10.6. The number of rotatable bonds is 6. The van der Waals surface area contributed by atoms with Crippen LogP contribution in [0, 0.1) is 0 Å². The molecule has 22 heavy (non-hydrogen) atoms. The van der Waals surface area contributed by atoms with Crippen molar-refractivity contribution in [1.82, 2.24) is 4.57 Å². The number of imidazole rings is 1. The maximum absolute atomic E-state index is 5.79. The van der Waals surface area contributed by atoms with Crippen LogP contribution < -0.4 is 14.0 Å². The van der Waals surface area contributed by atoms with Gasteiger partial charge in [0, 0.05) is 0 Å². The largest absolute Gasteiger partial charge is 0.497 e. The Hall–Kier alpha value is -2.75. The maximum Gasteiger partial charge on any atom is 0.249 e. The Balaban J connectivity index is 1.70. The summed E-state index contributed by atoms with van der Waals surface area (Å²) in [6, 6.07) is 15.9. The van der Waals surface area contributed by atoms with Crippen molar-refractivity contribution in [2.45, 2.75) is 6.54 Å². The molecular formula is C18H19N2O2+. The molecule has 0 amide bonds. The molecule has 0 unspecified atom stereocenters. The van der Waals surface area contributed by atoms with E-state index < -0.39 is 0 Å². The number of nitrogens with zero attached hydrogens (tertiary/aromatic N) is 2. The third-order valence-electron chi connectivity index (χ3n) is 3.59. The Kier molecular flexibility index (Phi) is 4.10. The van der Waals surface area contributed by atoms with Gasteiger partial charge in [-0.25, -0.2) is 9.13 Å². The summed E-state index contributed by atoms with van der Waals surface area (Å²) in [6.07, 6.45) is 3.85. The van der Waals surface area contributed by atoms with Crippen molar-refractivity contribution in [3.05, 3.63) is 61.4 Å². The van der Waals surface area contributed by atoms with E-state index >= 15 is 0 Å². The van der Waals surface area contributed by atoms with Crippen LogP contribution in [0.5, 0.6) is 11.5 Å². The molecule has 0 saturated heterocycles. The van der Waals surface area contributed by atoms with Crippen molar-refractivity contribution < 1.29 is 14.0 Å². The van der Waals surface area contributed by atoms with Gasteiger partial charge in [0.25, 0.3) is 0 Å². The van der Waals surface area contributed by atoms with E-state index in [4.69, 9.17) is 9.47 Å². The van der Waals surface area contributed by atoms with Crippen LogP contribution in [0.15, 0.2) is 61.4 Å². The van der Waals surface area contributed by atoms with Gasteiger partial charge in [-0.15, -0.1) is 0 Å². The topological polar surface area (TPSA) is 27.3 Å². The smallest absolute Gasteiger partial charge is 0.249 e. The average molecular weight is 295 g/mol. The fourth-order valence-corrected chi connectivity index (χ4v) is 2.46. The van der Waals surface area contributed by atoms with E-state index in [9.17, 15) is 0 Å². The van der Waals surface area contributed by atoms with Gasteiger partial charge in [-0.3, -0.25) is 0 Å². The standard InChI is InChI=1S/C18H19N2O2/c1-3-19-14-20(18-7-5-4-6-17(18)19)12-13-22-16-10-8-15(21-2)9-11-16/h3-11,14H,1,12-13H2,2H3/q+1. The minimum Gasteiger partial charge on any atom is -0.497 e. The molecule has 0 aliphatic carbocycles. The first kappa shape index (κ1) is 14.2. The van der Waals surface area contributed by atoms with Gasteiger partial charge >= 0.3 is 0 Å². The van der Waals surface area contributed by atoms with Crippen molar-refractivity contribution in [3.63, 3.8) is 0 Å². The maximum atomic E-state index is 5.79. The Bertz CT molecular complexity index is 775. The predicted molar refractivity (Wildman–Crippen MR) is 87.0 cm³/mol. The van der Waals surface area contributed by atoms with Gasteiger partial charge in [0.05, 0.1) is 13.3 Å². The molecule has 0 atom stereocenters. The molecule has 4 nitrogen and oxygen atoms in total. The molecule has 0 spiro atoms. The van der Waals surface area contributed by atoms with Crippen molar-refractivity contribution in [2.24, 2.45) is 0 Å². The Morgan fingerprint density at radius 1 is 1.09 bits per heavy atom. The van der Waals surface area contributed by atoms with E-state index in [2.05, 4.69) is 23.3 Å². The molecule has 0 saturated carbocycles. The Morgan fingerprint density at radius 3 is 2.55 bits per heavy atom. The van der Waals surface area contributed by atoms with Gasteiger partial charge in [-0.05, 0) is 36.4 Å². The van der Waals surface area contributed by atoms with Gasteiger partial charge in [0.15, 0.2) is 11.0 Å². The SMILES string of the molecule is C=Cn1c[n+](CCOc2ccc(OC)cc2)c2ccccc21. The zero-order chi connectivity index (χ0) is 15.4. The first-order chi connectivity index (χ1) is 10.8. The van der Waals surface area contributed by atoms with Gasteiger partial charge in [-0.1, -0.05) is 18.7 Å². The van der Waals surface area contributed by atoms with Crippen LogP contribution in [0.4, 0.5) is 0 Å². The lowest BCUT2D eigenvalue weighted by atomic mass is 10.3. The number of hydrogen-bond donors (Lipinski definition) is 0. The van der Waals surface area contributed by atoms with Crippen molar-refractivity contribution in [2.75, 3.05) is 13.7 Å². The van der Waals surface area contributed by atoms with Gasteiger partial charge in [0.1, 0.15) is 24.7 Å². The Labute approximate surface area is 129 Å². The first-order valence-corrected chi connectivity index (χ1v) is 7.20. The minimum absolute atomic E-state index is 0.599. The summed E-state index contributed by atoms with van der Waals surface area (Å²) >= 11 is 0. The van der Waals surface area contributed by atoms with Crippen molar-refractivity contribution >= 4 is 17.2 Å². The van der Waals surface area contributed by atoms with Gasteiger partial charge in [0.2, 0.25) is 6.33 Å². The van der Waals surface area contributed by atoms with Crippen molar-refractivity contribution in [1.29, 1.82) is 0 Å². The van der Waals surface area contributed by atoms with E-state index in [1.807, 2.05) is 53.5 Å². The lowest BCUT2D eigenvalue weighted by Gasteiger charge is -2.05.